The quantitative estimate of drug-likeness (QED) is 0.841. The molecule has 0 aliphatic heterocycles. The van der Waals surface area contributed by atoms with E-state index in [1.807, 2.05) is 19.2 Å². The second kappa shape index (κ2) is 6.44. The van der Waals surface area contributed by atoms with E-state index in [2.05, 4.69) is 20.3 Å². The molecule has 19 heavy (non-hydrogen) atoms. The zero-order chi connectivity index (χ0) is 13.7. The standard InChI is InChI=1S/C12H17N5OS/c1-3-18-6-11-16-9(13)4-10(17-11)14-5-12-15-8(2)7-19-12/h4,7H,3,5-6H2,1-2H3,(H3,13,14,16,17). The number of hydrogen-bond acceptors (Lipinski definition) is 7. The summed E-state index contributed by atoms with van der Waals surface area (Å²) in [6.07, 6.45) is 0. The van der Waals surface area contributed by atoms with E-state index in [1.165, 1.54) is 0 Å². The molecule has 0 radical (unpaired) electrons. The van der Waals surface area contributed by atoms with Gasteiger partial charge < -0.3 is 15.8 Å². The molecule has 0 aliphatic rings. The Labute approximate surface area is 116 Å². The van der Waals surface area contributed by atoms with Gasteiger partial charge in [-0.2, -0.15) is 0 Å². The molecule has 0 saturated heterocycles. The van der Waals surface area contributed by atoms with Gasteiger partial charge in [0.25, 0.3) is 0 Å². The van der Waals surface area contributed by atoms with E-state index in [9.17, 15) is 0 Å². The van der Waals surface area contributed by atoms with Gasteiger partial charge in [-0.15, -0.1) is 11.3 Å². The van der Waals surface area contributed by atoms with Crippen molar-refractivity contribution < 1.29 is 4.74 Å². The van der Waals surface area contributed by atoms with Gasteiger partial charge in [0, 0.05) is 23.7 Å². The lowest BCUT2D eigenvalue weighted by Gasteiger charge is -2.07. The van der Waals surface area contributed by atoms with E-state index in [1.54, 1.807) is 17.4 Å². The average Bonchev–Trinajstić information content (AvgIpc) is 2.79. The van der Waals surface area contributed by atoms with Crippen molar-refractivity contribution in [1.82, 2.24) is 15.0 Å². The molecule has 0 aromatic carbocycles. The monoisotopic (exact) mass is 279 g/mol. The minimum absolute atomic E-state index is 0.368. The first-order valence-corrected chi connectivity index (χ1v) is 6.91. The van der Waals surface area contributed by atoms with Crippen molar-refractivity contribution in [2.75, 3.05) is 17.7 Å². The topological polar surface area (TPSA) is 86.0 Å². The van der Waals surface area contributed by atoms with Crippen LogP contribution in [0, 0.1) is 6.92 Å². The zero-order valence-corrected chi connectivity index (χ0v) is 11.8. The van der Waals surface area contributed by atoms with Crippen LogP contribution in [0.25, 0.3) is 0 Å². The van der Waals surface area contributed by atoms with Gasteiger partial charge in [0.1, 0.15) is 23.3 Å². The van der Waals surface area contributed by atoms with Gasteiger partial charge in [-0.25, -0.2) is 15.0 Å². The average molecular weight is 279 g/mol. The molecule has 102 valence electrons. The Kier molecular flexibility index (Phi) is 4.64. The molecule has 0 aliphatic carbocycles. The highest BCUT2D eigenvalue weighted by atomic mass is 32.1. The van der Waals surface area contributed by atoms with Crippen molar-refractivity contribution in [3.05, 3.63) is 28.0 Å². The van der Waals surface area contributed by atoms with Crippen LogP contribution in [0.3, 0.4) is 0 Å². The highest BCUT2D eigenvalue weighted by molar-refractivity contribution is 7.09. The summed E-state index contributed by atoms with van der Waals surface area (Å²) < 4.78 is 5.28. The largest absolute Gasteiger partial charge is 0.384 e. The predicted octanol–water partition coefficient (Wildman–Crippen LogP) is 1.97. The summed E-state index contributed by atoms with van der Waals surface area (Å²) in [7, 11) is 0. The first-order chi connectivity index (χ1) is 9.17. The maximum absolute atomic E-state index is 5.74. The molecule has 2 aromatic heterocycles. The van der Waals surface area contributed by atoms with Crippen LogP contribution in [0.15, 0.2) is 11.4 Å². The second-order valence-corrected chi connectivity index (χ2v) is 4.91. The summed E-state index contributed by atoms with van der Waals surface area (Å²) in [6, 6.07) is 1.70. The maximum atomic E-state index is 5.74. The number of aromatic nitrogens is 3. The van der Waals surface area contributed by atoms with Crippen LogP contribution in [0.5, 0.6) is 0 Å². The van der Waals surface area contributed by atoms with Crippen LogP contribution in [0.2, 0.25) is 0 Å². The summed E-state index contributed by atoms with van der Waals surface area (Å²) in [5, 5.41) is 6.23. The number of thiazole rings is 1. The molecule has 6 nitrogen and oxygen atoms in total. The number of nitrogens with zero attached hydrogens (tertiary/aromatic N) is 3. The Balaban J connectivity index is 2.01. The summed E-state index contributed by atoms with van der Waals surface area (Å²) in [6.45, 7) is 5.52. The van der Waals surface area contributed by atoms with Crippen molar-refractivity contribution in [3.63, 3.8) is 0 Å². The Morgan fingerprint density at radius 1 is 1.37 bits per heavy atom. The normalized spacial score (nSPS) is 10.6. The minimum Gasteiger partial charge on any atom is -0.384 e. The fraction of sp³-hybridized carbons (Fsp3) is 0.417. The van der Waals surface area contributed by atoms with Crippen LogP contribution in [-0.2, 0) is 17.9 Å². The molecule has 0 amide bonds. The smallest absolute Gasteiger partial charge is 0.158 e. The first-order valence-electron chi connectivity index (χ1n) is 6.03. The van der Waals surface area contributed by atoms with E-state index in [-0.39, 0.29) is 0 Å². The number of hydrogen-bond donors (Lipinski definition) is 2. The van der Waals surface area contributed by atoms with Gasteiger partial charge in [-0.3, -0.25) is 0 Å². The summed E-state index contributed by atoms with van der Waals surface area (Å²) in [5.41, 5.74) is 6.77. The van der Waals surface area contributed by atoms with E-state index >= 15 is 0 Å². The molecule has 0 spiro atoms. The van der Waals surface area contributed by atoms with Crippen LogP contribution >= 0.6 is 11.3 Å². The SMILES string of the molecule is CCOCc1nc(N)cc(NCc2nc(C)cs2)n1. The number of aryl methyl sites for hydroxylation is 1. The van der Waals surface area contributed by atoms with Crippen molar-refractivity contribution >= 4 is 23.0 Å². The molecule has 2 rings (SSSR count). The van der Waals surface area contributed by atoms with E-state index in [0.29, 0.717) is 37.2 Å². The molecule has 0 unspecified atom stereocenters. The van der Waals surface area contributed by atoms with Crippen LogP contribution < -0.4 is 11.1 Å². The number of nitrogens with one attached hydrogen (secondary N) is 1. The molecular weight excluding hydrogens is 262 g/mol. The molecule has 0 atom stereocenters. The molecule has 0 bridgehead atoms. The van der Waals surface area contributed by atoms with Crippen LogP contribution in [0.1, 0.15) is 23.4 Å². The highest BCUT2D eigenvalue weighted by Crippen LogP contribution is 2.13. The Morgan fingerprint density at radius 2 is 2.21 bits per heavy atom. The molecule has 7 heteroatoms. The molecule has 2 heterocycles. The van der Waals surface area contributed by atoms with Gasteiger partial charge in [-0.05, 0) is 13.8 Å². The number of rotatable bonds is 6. The van der Waals surface area contributed by atoms with Gasteiger partial charge in [0.2, 0.25) is 0 Å². The van der Waals surface area contributed by atoms with E-state index < -0.39 is 0 Å². The lowest BCUT2D eigenvalue weighted by Crippen LogP contribution is -2.07. The molecule has 0 fully saturated rings. The fourth-order valence-corrected chi connectivity index (χ4v) is 2.23. The van der Waals surface area contributed by atoms with Crippen molar-refractivity contribution in [1.29, 1.82) is 0 Å². The summed E-state index contributed by atoms with van der Waals surface area (Å²) in [5.74, 6) is 1.71. The second-order valence-electron chi connectivity index (χ2n) is 3.97. The first kappa shape index (κ1) is 13.7. The number of nitrogens with two attached hydrogens (primary N) is 1. The van der Waals surface area contributed by atoms with E-state index in [0.717, 1.165) is 10.7 Å². The van der Waals surface area contributed by atoms with E-state index in [4.69, 9.17) is 10.5 Å². The third-order valence-corrected chi connectivity index (χ3v) is 3.28. The minimum atomic E-state index is 0.368. The third-order valence-electron chi connectivity index (χ3n) is 2.31. The van der Waals surface area contributed by atoms with Crippen LogP contribution in [0.4, 0.5) is 11.6 Å². The van der Waals surface area contributed by atoms with Crippen molar-refractivity contribution in [2.24, 2.45) is 0 Å². The number of anilines is 2. The van der Waals surface area contributed by atoms with Gasteiger partial charge in [0.05, 0.1) is 6.54 Å². The molecule has 3 N–H and O–H groups in total. The lowest BCUT2D eigenvalue weighted by molar-refractivity contribution is 0.128. The Morgan fingerprint density at radius 3 is 2.89 bits per heavy atom. The molecule has 0 saturated carbocycles. The lowest BCUT2D eigenvalue weighted by atomic mass is 10.4. The van der Waals surface area contributed by atoms with Crippen molar-refractivity contribution in [2.45, 2.75) is 27.0 Å². The fourth-order valence-electron chi connectivity index (χ4n) is 1.52. The van der Waals surface area contributed by atoms with Gasteiger partial charge in [-0.1, -0.05) is 0 Å². The zero-order valence-electron chi connectivity index (χ0n) is 11.0. The summed E-state index contributed by atoms with van der Waals surface area (Å²) in [4.78, 5) is 12.8. The summed E-state index contributed by atoms with van der Waals surface area (Å²) >= 11 is 1.62. The highest BCUT2D eigenvalue weighted by Gasteiger charge is 2.04. The Bertz CT molecular complexity index is 543. The third kappa shape index (κ3) is 4.15. The molecule has 2 aromatic rings. The van der Waals surface area contributed by atoms with Crippen LogP contribution in [-0.4, -0.2) is 21.6 Å². The van der Waals surface area contributed by atoms with Gasteiger partial charge in [0.15, 0.2) is 5.82 Å². The van der Waals surface area contributed by atoms with Gasteiger partial charge >= 0.3 is 0 Å². The maximum Gasteiger partial charge on any atom is 0.158 e. The molecular formula is C12H17N5OS. The van der Waals surface area contributed by atoms with Crippen molar-refractivity contribution in [3.8, 4) is 0 Å². The number of nitrogen functional groups attached to an aromatic ring is 1. The number of ether oxygens (including phenoxy) is 1. The Hall–Kier alpha value is -1.73. The predicted molar refractivity (Wildman–Crippen MR) is 76.0 cm³/mol.